The summed E-state index contributed by atoms with van der Waals surface area (Å²) in [4.78, 5) is 0. The minimum absolute atomic E-state index is 0. The highest BCUT2D eigenvalue weighted by Gasteiger charge is 2.06. The molecule has 2 heterocycles. The Labute approximate surface area is 114 Å². The van der Waals surface area contributed by atoms with E-state index in [1.165, 1.54) is 11.3 Å². The van der Waals surface area contributed by atoms with Crippen molar-refractivity contribution in [2.75, 3.05) is 5.32 Å². The summed E-state index contributed by atoms with van der Waals surface area (Å²) in [5.41, 5.74) is 4.56. The van der Waals surface area contributed by atoms with Gasteiger partial charge in [-0.1, -0.05) is 0 Å². The molecule has 0 radical (unpaired) electrons. The minimum Gasteiger partial charge on any atom is -0.378 e. The first kappa shape index (κ1) is 14.6. The van der Waals surface area contributed by atoms with Gasteiger partial charge in [0, 0.05) is 31.9 Å². The third-order valence-corrected chi connectivity index (χ3v) is 2.99. The molecule has 0 saturated heterocycles. The molecular formula is C12H20ClN5. The van der Waals surface area contributed by atoms with E-state index in [2.05, 4.69) is 29.4 Å². The van der Waals surface area contributed by atoms with Crippen LogP contribution in [0.5, 0.6) is 0 Å². The SMILES string of the molecule is CCn1ncc(NCc2cn(C)nc2C)c1C.Cl. The summed E-state index contributed by atoms with van der Waals surface area (Å²) in [6.45, 7) is 7.89. The average molecular weight is 270 g/mol. The first-order chi connectivity index (χ1) is 8.11. The number of aromatic nitrogens is 4. The van der Waals surface area contributed by atoms with E-state index < -0.39 is 0 Å². The highest BCUT2D eigenvalue weighted by molar-refractivity contribution is 5.85. The fourth-order valence-electron chi connectivity index (χ4n) is 1.95. The van der Waals surface area contributed by atoms with Crippen LogP contribution in [0.3, 0.4) is 0 Å². The maximum absolute atomic E-state index is 4.32. The van der Waals surface area contributed by atoms with Crippen LogP contribution in [0.1, 0.15) is 23.9 Å². The number of hydrogen-bond donors (Lipinski definition) is 1. The van der Waals surface area contributed by atoms with Crippen molar-refractivity contribution in [2.45, 2.75) is 33.9 Å². The van der Waals surface area contributed by atoms with E-state index in [-0.39, 0.29) is 12.4 Å². The summed E-state index contributed by atoms with van der Waals surface area (Å²) in [5.74, 6) is 0. The Bertz CT molecular complexity index is 515. The summed E-state index contributed by atoms with van der Waals surface area (Å²) in [5, 5.41) is 12.0. The fraction of sp³-hybridized carbons (Fsp3) is 0.500. The lowest BCUT2D eigenvalue weighted by Gasteiger charge is -2.05. The van der Waals surface area contributed by atoms with Crippen LogP contribution in [0.25, 0.3) is 0 Å². The van der Waals surface area contributed by atoms with Gasteiger partial charge in [0.25, 0.3) is 0 Å². The predicted octanol–water partition coefficient (Wildman–Crippen LogP) is 2.29. The summed E-state index contributed by atoms with van der Waals surface area (Å²) in [7, 11) is 1.94. The van der Waals surface area contributed by atoms with Gasteiger partial charge in [-0.25, -0.2) is 0 Å². The zero-order valence-corrected chi connectivity index (χ0v) is 12.1. The Morgan fingerprint density at radius 2 is 2.06 bits per heavy atom. The second-order valence-electron chi connectivity index (χ2n) is 4.23. The highest BCUT2D eigenvalue weighted by Crippen LogP contribution is 2.15. The van der Waals surface area contributed by atoms with E-state index in [0.717, 1.165) is 24.5 Å². The minimum atomic E-state index is 0. The van der Waals surface area contributed by atoms with E-state index in [0.29, 0.717) is 0 Å². The van der Waals surface area contributed by atoms with Gasteiger partial charge in [-0.15, -0.1) is 12.4 Å². The van der Waals surface area contributed by atoms with E-state index in [1.807, 2.05) is 35.7 Å². The topological polar surface area (TPSA) is 47.7 Å². The molecule has 1 N–H and O–H groups in total. The molecule has 0 unspecified atom stereocenters. The quantitative estimate of drug-likeness (QED) is 0.926. The van der Waals surface area contributed by atoms with Gasteiger partial charge in [0.2, 0.25) is 0 Å². The van der Waals surface area contributed by atoms with Gasteiger partial charge in [0.1, 0.15) is 0 Å². The van der Waals surface area contributed by atoms with Gasteiger partial charge >= 0.3 is 0 Å². The van der Waals surface area contributed by atoms with Crippen molar-refractivity contribution >= 4 is 18.1 Å². The lowest BCUT2D eigenvalue weighted by atomic mass is 10.2. The van der Waals surface area contributed by atoms with Gasteiger partial charge < -0.3 is 5.32 Å². The third-order valence-electron chi connectivity index (χ3n) is 2.99. The molecule has 0 spiro atoms. The summed E-state index contributed by atoms with van der Waals surface area (Å²) < 4.78 is 3.83. The second-order valence-corrected chi connectivity index (χ2v) is 4.23. The molecule has 100 valence electrons. The average Bonchev–Trinajstić information content (AvgIpc) is 2.79. The van der Waals surface area contributed by atoms with Crippen LogP contribution in [-0.2, 0) is 20.1 Å². The Balaban J connectivity index is 0.00000162. The molecule has 2 aromatic rings. The first-order valence-corrected chi connectivity index (χ1v) is 5.87. The molecule has 2 aromatic heterocycles. The van der Waals surface area contributed by atoms with Crippen LogP contribution >= 0.6 is 12.4 Å². The largest absolute Gasteiger partial charge is 0.378 e. The zero-order valence-electron chi connectivity index (χ0n) is 11.3. The Kier molecular flexibility index (Phi) is 4.78. The monoisotopic (exact) mass is 269 g/mol. The smallest absolute Gasteiger partial charge is 0.0758 e. The molecule has 18 heavy (non-hydrogen) atoms. The maximum atomic E-state index is 4.32. The van der Waals surface area contributed by atoms with Gasteiger partial charge in [-0.2, -0.15) is 10.2 Å². The molecule has 0 amide bonds. The van der Waals surface area contributed by atoms with Crippen molar-refractivity contribution in [3.63, 3.8) is 0 Å². The van der Waals surface area contributed by atoms with Crippen molar-refractivity contribution in [1.29, 1.82) is 0 Å². The molecule has 0 aliphatic rings. The molecule has 6 heteroatoms. The standard InChI is InChI=1S/C12H19N5.ClH/c1-5-17-10(3)12(7-14-17)13-6-11-8-16(4)15-9(11)2;/h7-8,13H,5-6H2,1-4H3;1H. The third kappa shape index (κ3) is 2.85. The lowest BCUT2D eigenvalue weighted by molar-refractivity contribution is 0.640. The number of rotatable bonds is 4. The number of aryl methyl sites for hydroxylation is 3. The number of hydrogen-bond acceptors (Lipinski definition) is 3. The molecular weight excluding hydrogens is 250 g/mol. The van der Waals surface area contributed by atoms with E-state index >= 15 is 0 Å². The Morgan fingerprint density at radius 3 is 2.56 bits per heavy atom. The van der Waals surface area contributed by atoms with Crippen molar-refractivity contribution in [1.82, 2.24) is 19.6 Å². The highest BCUT2D eigenvalue weighted by atomic mass is 35.5. The molecule has 5 nitrogen and oxygen atoms in total. The Hall–Kier alpha value is -1.49. The summed E-state index contributed by atoms with van der Waals surface area (Å²) in [6.07, 6.45) is 3.92. The van der Waals surface area contributed by atoms with Crippen molar-refractivity contribution in [3.05, 3.63) is 29.3 Å². The van der Waals surface area contributed by atoms with Gasteiger partial charge in [0.15, 0.2) is 0 Å². The summed E-state index contributed by atoms with van der Waals surface area (Å²) >= 11 is 0. The summed E-state index contributed by atoms with van der Waals surface area (Å²) in [6, 6.07) is 0. The molecule has 0 aromatic carbocycles. The Morgan fingerprint density at radius 1 is 1.33 bits per heavy atom. The molecule has 0 saturated carbocycles. The first-order valence-electron chi connectivity index (χ1n) is 5.87. The van der Waals surface area contributed by atoms with Crippen LogP contribution in [0, 0.1) is 13.8 Å². The van der Waals surface area contributed by atoms with E-state index in [1.54, 1.807) is 0 Å². The number of halogens is 1. The van der Waals surface area contributed by atoms with Crippen molar-refractivity contribution < 1.29 is 0 Å². The van der Waals surface area contributed by atoms with Crippen LogP contribution in [0.15, 0.2) is 12.4 Å². The van der Waals surface area contributed by atoms with Crippen LogP contribution in [0.4, 0.5) is 5.69 Å². The molecule has 0 aliphatic carbocycles. The number of nitrogens with zero attached hydrogens (tertiary/aromatic N) is 4. The van der Waals surface area contributed by atoms with E-state index in [9.17, 15) is 0 Å². The maximum Gasteiger partial charge on any atom is 0.0758 e. The normalized spacial score (nSPS) is 10.2. The van der Waals surface area contributed by atoms with Crippen LogP contribution < -0.4 is 5.32 Å². The fourth-order valence-corrected chi connectivity index (χ4v) is 1.95. The molecule has 0 bridgehead atoms. The zero-order chi connectivity index (χ0) is 12.4. The van der Waals surface area contributed by atoms with E-state index in [4.69, 9.17) is 0 Å². The van der Waals surface area contributed by atoms with Gasteiger partial charge in [-0.3, -0.25) is 9.36 Å². The molecule has 0 atom stereocenters. The lowest BCUT2D eigenvalue weighted by Crippen LogP contribution is -2.03. The second kappa shape index (κ2) is 5.91. The van der Waals surface area contributed by atoms with Crippen LogP contribution in [0.2, 0.25) is 0 Å². The predicted molar refractivity (Wildman–Crippen MR) is 75.2 cm³/mol. The van der Waals surface area contributed by atoms with Crippen LogP contribution in [-0.4, -0.2) is 19.6 Å². The van der Waals surface area contributed by atoms with Gasteiger partial charge in [-0.05, 0) is 20.8 Å². The van der Waals surface area contributed by atoms with Gasteiger partial charge in [0.05, 0.1) is 23.3 Å². The number of nitrogens with one attached hydrogen (secondary N) is 1. The molecule has 0 aliphatic heterocycles. The molecule has 2 rings (SSSR count). The van der Waals surface area contributed by atoms with Crippen molar-refractivity contribution in [3.8, 4) is 0 Å². The van der Waals surface area contributed by atoms with Crippen molar-refractivity contribution in [2.24, 2.45) is 7.05 Å². The number of anilines is 1. The molecule has 0 fully saturated rings.